The molecule has 7 nitrogen and oxygen atoms in total. The van der Waals surface area contributed by atoms with Crippen LogP contribution in [0.3, 0.4) is 0 Å². The van der Waals surface area contributed by atoms with Crippen LogP contribution in [-0.4, -0.2) is 35.5 Å². The van der Waals surface area contributed by atoms with E-state index in [4.69, 9.17) is 21.9 Å². The summed E-state index contributed by atoms with van der Waals surface area (Å²) in [5.74, 6) is 0.219. The van der Waals surface area contributed by atoms with Crippen LogP contribution in [0.5, 0.6) is 5.75 Å². The molecular formula is C24H30N4O3. The number of nitrogens with two attached hydrogens (primary N) is 3. The van der Waals surface area contributed by atoms with E-state index in [2.05, 4.69) is 0 Å². The number of carbonyl (C=O) groups excluding carboxylic acids is 1. The Morgan fingerprint density at radius 3 is 2.48 bits per heavy atom. The Hall–Kier alpha value is -3.45. The van der Waals surface area contributed by atoms with Crippen LogP contribution in [0.4, 0.5) is 0 Å². The van der Waals surface area contributed by atoms with Crippen molar-refractivity contribution in [2.24, 2.45) is 17.2 Å². The molecule has 7 heteroatoms. The third kappa shape index (κ3) is 4.83. The second-order valence-electron chi connectivity index (χ2n) is 7.98. The van der Waals surface area contributed by atoms with Gasteiger partial charge in [-0.2, -0.15) is 0 Å². The predicted molar refractivity (Wildman–Crippen MR) is 122 cm³/mol. The van der Waals surface area contributed by atoms with Crippen LogP contribution < -0.4 is 17.2 Å². The van der Waals surface area contributed by atoms with Gasteiger partial charge in [0.05, 0.1) is 11.8 Å². The fourth-order valence-electron chi connectivity index (χ4n) is 3.95. The number of aldehydes is 1. The Kier molecular flexibility index (Phi) is 6.56. The largest absolute Gasteiger partial charge is 0.507 e. The summed E-state index contributed by atoms with van der Waals surface area (Å²) >= 11 is 0. The van der Waals surface area contributed by atoms with Crippen molar-refractivity contribution in [3.8, 4) is 5.75 Å². The first-order chi connectivity index (χ1) is 14.7. The number of rotatable bonds is 5. The third-order valence-corrected chi connectivity index (χ3v) is 5.53. The lowest BCUT2D eigenvalue weighted by molar-refractivity contribution is -0.0686. The molecule has 2 aromatic carbocycles. The van der Waals surface area contributed by atoms with E-state index in [1.165, 1.54) is 0 Å². The van der Waals surface area contributed by atoms with Gasteiger partial charge in [-0.1, -0.05) is 18.2 Å². The van der Waals surface area contributed by atoms with Crippen molar-refractivity contribution >= 4 is 12.0 Å². The van der Waals surface area contributed by atoms with E-state index >= 15 is 0 Å². The lowest BCUT2D eigenvalue weighted by Gasteiger charge is -2.39. The van der Waals surface area contributed by atoms with Gasteiger partial charge in [0.25, 0.3) is 0 Å². The highest BCUT2D eigenvalue weighted by Gasteiger charge is 2.29. The second-order valence-corrected chi connectivity index (χ2v) is 7.98. The Morgan fingerprint density at radius 1 is 1.13 bits per heavy atom. The molecule has 1 fully saturated rings. The molecular weight excluding hydrogens is 392 g/mol. The maximum Gasteiger partial charge on any atom is 0.150 e. The fraction of sp³-hybridized carbons (Fsp3) is 0.292. The van der Waals surface area contributed by atoms with Gasteiger partial charge in [0.1, 0.15) is 24.0 Å². The van der Waals surface area contributed by atoms with E-state index in [0.29, 0.717) is 35.6 Å². The highest BCUT2D eigenvalue weighted by molar-refractivity contribution is 5.78. The number of hydrogen-bond donors (Lipinski definition) is 4. The molecule has 0 amide bonds. The summed E-state index contributed by atoms with van der Waals surface area (Å²) in [6.45, 7) is 6.97. The maximum absolute atomic E-state index is 11.3. The molecule has 164 valence electrons. The van der Waals surface area contributed by atoms with Gasteiger partial charge in [0.2, 0.25) is 0 Å². The zero-order valence-corrected chi connectivity index (χ0v) is 18.1. The first kappa shape index (κ1) is 22.2. The van der Waals surface area contributed by atoms with Crippen LogP contribution in [0.15, 0.2) is 54.0 Å². The third-order valence-electron chi connectivity index (χ3n) is 5.53. The summed E-state index contributed by atoms with van der Waals surface area (Å²) in [5.41, 5.74) is 23.4. The number of phenolic OH excluding ortho intramolecular Hbond substituents is 1. The van der Waals surface area contributed by atoms with Crippen LogP contribution in [0.1, 0.15) is 45.6 Å². The zero-order chi connectivity index (χ0) is 22.7. The molecule has 1 aliphatic rings. The summed E-state index contributed by atoms with van der Waals surface area (Å²) in [7, 11) is 0. The molecule has 0 radical (unpaired) electrons. The number of aromatic hydroxyl groups is 1. The number of phenols is 1. The number of para-hydroxylation sites is 1. The standard InChI is InChI=1S/C24H30N4O3/c1-14-9-19(15(2)8-17(14)13-29)23-12-28(11-16(3)31-23)21(24(26)27)10-20(25)18-6-4-5-7-22(18)30/h4-10,13,16,23,30H,11-12,25-27H2,1-3H3/b20-10-. The van der Waals surface area contributed by atoms with Crippen LogP contribution in [0.2, 0.25) is 0 Å². The monoisotopic (exact) mass is 422 g/mol. The maximum atomic E-state index is 11.3. The van der Waals surface area contributed by atoms with E-state index in [1.807, 2.05) is 37.8 Å². The molecule has 1 saturated heterocycles. The molecule has 1 aliphatic heterocycles. The SMILES string of the molecule is Cc1cc(C2CN(C(/C=C(\N)c3ccccc3O)=C(N)N)CC(C)O2)c(C)cc1C=O. The van der Waals surface area contributed by atoms with Gasteiger partial charge in [-0.3, -0.25) is 4.79 Å². The summed E-state index contributed by atoms with van der Waals surface area (Å²) < 4.78 is 6.22. The van der Waals surface area contributed by atoms with E-state index in [1.54, 1.807) is 30.3 Å². The van der Waals surface area contributed by atoms with Crippen molar-refractivity contribution in [3.05, 3.63) is 81.8 Å². The minimum atomic E-state index is -0.225. The molecule has 3 rings (SSSR count). The van der Waals surface area contributed by atoms with Crippen molar-refractivity contribution in [2.45, 2.75) is 33.0 Å². The van der Waals surface area contributed by atoms with Crippen molar-refractivity contribution in [2.75, 3.05) is 13.1 Å². The predicted octanol–water partition coefficient (Wildman–Crippen LogP) is 2.67. The van der Waals surface area contributed by atoms with Gasteiger partial charge in [0, 0.05) is 29.9 Å². The molecule has 2 atom stereocenters. The summed E-state index contributed by atoms with van der Waals surface area (Å²) in [4.78, 5) is 13.3. The topological polar surface area (TPSA) is 128 Å². The van der Waals surface area contributed by atoms with Gasteiger partial charge in [-0.05, 0) is 61.7 Å². The van der Waals surface area contributed by atoms with Crippen LogP contribution >= 0.6 is 0 Å². The van der Waals surface area contributed by atoms with Gasteiger partial charge in [0.15, 0.2) is 0 Å². The highest BCUT2D eigenvalue weighted by Crippen LogP contribution is 2.32. The van der Waals surface area contributed by atoms with E-state index in [9.17, 15) is 9.90 Å². The molecule has 1 heterocycles. The van der Waals surface area contributed by atoms with Gasteiger partial charge < -0.3 is 31.9 Å². The summed E-state index contributed by atoms with van der Waals surface area (Å²) in [6.07, 6.45) is 2.24. The quantitative estimate of drug-likeness (QED) is 0.431. The molecule has 0 aliphatic carbocycles. The highest BCUT2D eigenvalue weighted by atomic mass is 16.5. The first-order valence-electron chi connectivity index (χ1n) is 10.2. The second kappa shape index (κ2) is 9.14. The number of nitrogens with zero attached hydrogens (tertiary/aromatic N) is 1. The number of hydrogen-bond acceptors (Lipinski definition) is 7. The number of ether oxygens (including phenoxy) is 1. The van der Waals surface area contributed by atoms with Crippen molar-refractivity contribution < 1.29 is 14.6 Å². The minimum absolute atomic E-state index is 0.0841. The van der Waals surface area contributed by atoms with E-state index in [0.717, 1.165) is 23.0 Å². The molecule has 2 unspecified atom stereocenters. The average Bonchev–Trinajstić information content (AvgIpc) is 2.72. The van der Waals surface area contributed by atoms with E-state index in [-0.39, 0.29) is 23.8 Å². The average molecular weight is 423 g/mol. The molecule has 0 bridgehead atoms. The zero-order valence-electron chi connectivity index (χ0n) is 18.1. The van der Waals surface area contributed by atoms with Crippen molar-refractivity contribution in [3.63, 3.8) is 0 Å². The lowest BCUT2D eigenvalue weighted by Crippen LogP contribution is -2.43. The number of benzene rings is 2. The van der Waals surface area contributed by atoms with Crippen LogP contribution in [-0.2, 0) is 4.74 Å². The van der Waals surface area contributed by atoms with Crippen molar-refractivity contribution in [1.29, 1.82) is 0 Å². The Bertz CT molecular complexity index is 1040. The molecule has 7 N–H and O–H groups in total. The molecule has 31 heavy (non-hydrogen) atoms. The van der Waals surface area contributed by atoms with Crippen molar-refractivity contribution in [1.82, 2.24) is 4.90 Å². The van der Waals surface area contributed by atoms with Gasteiger partial charge in [-0.25, -0.2) is 0 Å². The lowest BCUT2D eigenvalue weighted by atomic mass is 9.95. The Labute approximate surface area is 182 Å². The van der Waals surface area contributed by atoms with Gasteiger partial charge in [-0.15, -0.1) is 0 Å². The van der Waals surface area contributed by atoms with E-state index < -0.39 is 0 Å². The number of morpholine rings is 1. The Balaban J connectivity index is 1.95. The smallest absolute Gasteiger partial charge is 0.150 e. The molecule has 0 saturated carbocycles. The first-order valence-corrected chi connectivity index (χ1v) is 10.2. The number of carbonyl (C=O) groups is 1. The molecule has 0 aromatic heterocycles. The minimum Gasteiger partial charge on any atom is -0.507 e. The molecule has 2 aromatic rings. The number of allylic oxidation sites excluding steroid dienone is 1. The van der Waals surface area contributed by atoms with Crippen LogP contribution in [0, 0.1) is 13.8 Å². The summed E-state index contributed by atoms with van der Waals surface area (Å²) in [6, 6.07) is 10.7. The summed E-state index contributed by atoms with van der Waals surface area (Å²) in [5, 5.41) is 10.1. The Morgan fingerprint density at radius 2 is 1.84 bits per heavy atom. The normalized spacial score (nSPS) is 19.2. The molecule has 0 spiro atoms. The fourth-order valence-corrected chi connectivity index (χ4v) is 3.95. The number of aryl methyl sites for hydroxylation is 2. The van der Waals surface area contributed by atoms with Crippen LogP contribution in [0.25, 0.3) is 5.70 Å². The van der Waals surface area contributed by atoms with Gasteiger partial charge >= 0.3 is 0 Å².